The fourth-order valence-corrected chi connectivity index (χ4v) is 1.72. The van der Waals surface area contributed by atoms with Crippen molar-refractivity contribution in [1.29, 1.82) is 0 Å². The van der Waals surface area contributed by atoms with Gasteiger partial charge in [0.25, 0.3) is 0 Å². The summed E-state index contributed by atoms with van der Waals surface area (Å²) in [5.74, 6) is 0.0606. The number of rotatable bonds is 6. The van der Waals surface area contributed by atoms with Crippen LogP contribution in [0, 0.1) is 0 Å². The third-order valence-electron chi connectivity index (χ3n) is 2.67. The minimum Gasteiger partial charge on any atom is -0.444 e. The summed E-state index contributed by atoms with van der Waals surface area (Å²) in [6.07, 6.45) is 1.71. The van der Waals surface area contributed by atoms with Crippen molar-refractivity contribution < 1.29 is 19.1 Å². The topological polar surface area (TPSA) is 106 Å². The highest BCUT2D eigenvalue weighted by atomic mass is 16.6. The summed E-state index contributed by atoms with van der Waals surface area (Å²) in [6.45, 7) is 15.3. The minimum atomic E-state index is -0.701. The second-order valence-electron chi connectivity index (χ2n) is 7.71. The molecule has 26 heavy (non-hydrogen) atoms. The third kappa shape index (κ3) is 11.5. The standard InChI is InChI=1S/C18H34N4O4/c1-8-13-22(16(24)26-18(5,6)7)14(20-12-10-9-11-19)21-15(23)25-17(2,3)4/h8H,1,9-13,19H2,2-7H3,(H,20,21,23). The number of aliphatic imine (C=N–C) groups is 1. The molecular formula is C18H34N4O4. The van der Waals surface area contributed by atoms with Crippen LogP contribution >= 0.6 is 0 Å². The van der Waals surface area contributed by atoms with E-state index in [0.717, 1.165) is 12.8 Å². The van der Waals surface area contributed by atoms with E-state index < -0.39 is 23.4 Å². The van der Waals surface area contributed by atoms with Gasteiger partial charge in [0, 0.05) is 13.1 Å². The molecule has 0 heterocycles. The van der Waals surface area contributed by atoms with Crippen LogP contribution < -0.4 is 11.1 Å². The molecule has 150 valence electrons. The summed E-state index contributed by atoms with van der Waals surface area (Å²) in [5.41, 5.74) is 4.12. The van der Waals surface area contributed by atoms with E-state index in [-0.39, 0.29) is 12.5 Å². The summed E-state index contributed by atoms with van der Waals surface area (Å²) in [4.78, 5) is 30.2. The number of carbonyl (C=O) groups is 2. The predicted molar refractivity (Wildman–Crippen MR) is 103 cm³/mol. The average Bonchev–Trinajstić information content (AvgIpc) is 2.44. The fraction of sp³-hybridized carbons (Fsp3) is 0.722. The number of hydrogen-bond donors (Lipinski definition) is 2. The number of alkyl carbamates (subject to hydrolysis) is 1. The fourth-order valence-electron chi connectivity index (χ4n) is 1.72. The molecule has 0 aliphatic rings. The van der Waals surface area contributed by atoms with Gasteiger partial charge in [0.15, 0.2) is 0 Å². The molecule has 0 aromatic rings. The van der Waals surface area contributed by atoms with E-state index in [9.17, 15) is 9.59 Å². The van der Waals surface area contributed by atoms with Crippen molar-refractivity contribution in [3.05, 3.63) is 12.7 Å². The van der Waals surface area contributed by atoms with Crippen molar-refractivity contribution in [2.24, 2.45) is 10.7 Å². The van der Waals surface area contributed by atoms with E-state index in [4.69, 9.17) is 15.2 Å². The van der Waals surface area contributed by atoms with Crippen LogP contribution in [0.15, 0.2) is 17.6 Å². The maximum Gasteiger partial charge on any atom is 0.417 e. The normalized spacial score (nSPS) is 12.3. The lowest BCUT2D eigenvalue weighted by atomic mass is 10.2. The number of guanidine groups is 1. The van der Waals surface area contributed by atoms with Crippen LogP contribution in [-0.2, 0) is 9.47 Å². The molecule has 0 aromatic heterocycles. The van der Waals surface area contributed by atoms with Crippen molar-refractivity contribution in [2.75, 3.05) is 19.6 Å². The van der Waals surface area contributed by atoms with Crippen molar-refractivity contribution in [3.63, 3.8) is 0 Å². The van der Waals surface area contributed by atoms with Crippen LogP contribution in [0.25, 0.3) is 0 Å². The first-order chi connectivity index (χ1) is 11.9. The maximum atomic E-state index is 12.5. The number of nitrogens with two attached hydrogens (primary N) is 1. The van der Waals surface area contributed by atoms with Gasteiger partial charge in [-0.1, -0.05) is 6.08 Å². The first-order valence-electron chi connectivity index (χ1n) is 8.75. The molecule has 8 heteroatoms. The third-order valence-corrected chi connectivity index (χ3v) is 2.67. The van der Waals surface area contributed by atoms with E-state index in [2.05, 4.69) is 16.9 Å². The number of unbranched alkanes of at least 4 members (excludes halogenated alkanes) is 1. The van der Waals surface area contributed by atoms with E-state index in [1.807, 2.05) is 0 Å². The van der Waals surface area contributed by atoms with E-state index in [0.29, 0.717) is 13.1 Å². The number of nitrogens with one attached hydrogen (secondary N) is 1. The predicted octanol–water partition coefficient (Wildman–Crippen LogP) is 3.03. The lowest BCUT2D eigenvalue weighted by Crippen LogP contribution is -2.50. The Labute approximate surface area is 156 Å². The number of amides is 2. The molecule has 0 saturated carbocycles. The van der Waals surface area contributed by atoms with Crippen molar-refractivity contribution in [1.82, 2.24) is 10.2 Å². The van der Waals surface area contributed by atoms with Gasteiger partial charge in [-0.15, -0.1) is 6.58 Å². The zero-order valence-corrected chi connectivity index (χ0v) is 16.9. The largest absolute Gasteiger partial charge is 0.444 e. The second kappa shape index (κ2) is 10.8. The molecule has 0 aliphatic heterocycles. The van der Waals surface area contributed by atoms with Gasteiger partial charge in [-0.25, -0.2) is 14.5 Å². The molecule has 0 radical (unpaired) electrons. The highest BCUT2D eigenvalue weighted by Gasteiger charge is 2.27. The Morgan fingerprint density at radius 1 is 1.12 bits per heavy atom. The molecule has 0 aromatic carbocycles. The van der Waals surface area contributed by atoms with E-state index in [1.165, 1.54) is 11.0 Å². The molecule has 0 saturated heterocycles. The maximum absolute atomic E-state index is 12.5. The quantitative estimate of drug-likeness (QED) is 0.323. The molecule has 8 nitrogen and oxygen atoms in total. The first kappa shape index (κ1) is 23.9. The van der Waals surface area contributed by atoms with Gasteiger partial charge >= 0.3 is 12.2 Å². The highest BCUT2D eigenvalue weighted by Crippen LogP contribution is 2.11. The molecule has 0 spiro atoms. The molecule has 0 bridgehead atoms. The summed E-state index contributed by atoms with van der Waals surface area (Å²) < 4.78 is 10.6. The Kier molecular flexibility index (Phi) is 9.93. The summed E-state index contributed by atoms with van der Waals surface area (Å²) in [5, 5.41) is 2.54. The molecule has 3 N–H and O–H groups in total. The second-order valence-corrected chi connectivity index (χ2v) is 7.71. The Hall–Kier alpha value is -2.09. The summed E-state index contributed by atoms with van der Waals surface area (Å²) in [7, 11) is 0. The van der Waals surface area contributed by atoms with Gasteiger partial charge in [0.05, 0.1) is 0 Å². The Balaban J connectivity index is 5.42. The van der Waals surface area contributed by atoms with Crippen LogP contribution in [0.5, 0.6) is 0 Å². The van der Waals surface area contributed by atoms with Gasteiger partial charge in [-0.05, 0) is 60.9 Å². The molecule has 0 fully saturated rings. The van der Waals surface area contributed by atoms with Crippen molar-refractivity contribution in [3.8, 4) is 0 Å². The van der Waals surface area contributed by atoms with Crippen molar-refractivity contribution in [2.45, 2.75) is 65.6 Å². The van der Waals surface area contributed by atoms with Gasteiger partial charge in [-0.3, -0.25) is 10.3 Å². The van der Waals surface area contributed by atoms with Gasteiger partial charge in [0.2, 0.25) is 5.96 Å². The van der Waals surface area contributed by atoms with Gasteiger partial charge in [-0.2, -0.15) is 0 Å². The molecule has 0 aliphatic carbocycles. The SMILES string of the molecule is C=CCN(C(=O)OC(C)(C)C)C(=NCCCCN)NC(=O)OC(C)(C)C. The van der Waals surface area contributed by atoms with Crippen LogP contribution in [0.1, 0.15) is 54.4 Å². The van der Waals surface area contributed by atoms with Crippen molar-refractivity contribution >= 4 is 18.1 Å². The molecule has 0 atom stereocenters. The Morgan fingerprint density at radius 3 is 2.15 bits per heavy atom. The number of nitrogens with zero attached hydrogens (tertiary/aromatic N) is 2. The molecule has 0 unspecified atom stereocenters. The monoisotopic (exact) mass is 370 g/mol. The number of carbonyl (C=O) groups excluding carboxylic acids is 2. The van der Waals surface area contributed by atoms with Crippen LogP contribution in [-0.4, -0.2) is 53.9 Å². The molecular weight excluding hydrogens is 336 g/mol. The lowest BCUT2D eigenvalue weighted by molar-refractivity contribution is 0.0373. The number of ether oxygens (including phenoxy) is 2. The summed E-state index contributed by atoms with van der Waals surface area (Å²) in [6, 6.07) is 0. The van der Waals surface area contributed by atoms with E-state index >= 15 is 0 Å². The van der Waals surface area contributed by atoms with E-state index in [1.54, 1.807) is 41.5 Å². The Bertz CT molecular complexity index is 504. The van der Waals surface area contributed by atoms with Crippen LogP contribution in [0.2, 0.25) is 0 Å². The van der Waals surface area contributed by atoms with Crippen LogP contribution in [0.3, 0.4) is 0 Å². The minimum absolute atomic E-state index is 0.0606. The first-order valence-corrected chi connectivity index (χ1v) is 8.75. The van der Waals surface area contributed by atoms with Crippen LogP contribution in [0.4, 0.5) is 9.59 Å². The molecule has 2 amide bonds. The summed E-state index contributed by atoms with van der Waals surface area (Å²) >= 11 is 0. The highest BCUT2D eigenvalue weighted by molar-refractivity contribution is 6.01. The van der Waals surface area contributed by atoms with Gasteiger partial charge in [0.1, 0.15) is 11.2 Å². The van der Waals surface area contributed by atoms with Gasteiger partial charge < -0.3 is 15.2 Å². The number of hydrogen-bond acceptors (Lipinski definition) is 6. The lowest BCUT2D eigenvalue weighted by Gasteiger charge is -2.28. The zero-order chi connectivity index (χ0) is 20.4. The average molecular weight is 370 g/mol. The Morgan fingerprint density at radius 2 is 1.69 bits per heavy atom. The zero-order valence-electron chi connectivity index (χ0n) is 16.9. The smallest absolute Gasteiger partial charge is 0.417 e. The molecule has 0 rings (SSSR count).